The normalized spacial score (nSPS) is 13.8. The van der Waals surface area contributed by atoms with E-state index in [1.807, 2.05) is 17.0 Å². The van der Waals surface area contributed by atoms with Crippen LogP contribution in [0.2, 0.25) is 30.1 Å². The molecule has 3 aromatic rings. The van der Waals surface area contributed by atoms with Gasteiger partial charge in [0, 0.05) is 74.4 Å². The van der Waals surface area contributed by atoms with Crippen LogP contribution in [-0.2, 0) is 49.8 Å². The third-order valence-corrected chi connectivity index (χ3v) is 10.7. The Kier molecular flexibility index (Phi) is 19.7. The van der Waals surface area contributed by atoms with Gasteiger partial charge in [0.2, 0.25) is 0 Å². The van der Waals surface area contributed by atoms with E-state index < -0.39 is 0 Å². The van der Waals surface area contributed by atoms with Crippen LogP contribution in [0.3, 0.4) is 0 Å². The first-order valence-electron chi connectivity index (χ1n) is 16.5. The standard InChI is InChI=1S/C13H14Cl2N2O2.C12H15Cl2NO2.C11H8Cl2N2O.I2/c1-2-19-12(18)7-17-6-9-8(5-11(17)16)3-4-10(14)13(9)15;1-2-17-11(16)5-3-4-8-10(15)7-6-9(13)12(8)14;12-8-1-2-9-7(11(8)13)5-15-4-6(16)3-10(15)14-9;1-2/h3-4,16H,2,5-7H2,1H3;6-7H,2-5,15H2,1H3;1-2H,3-5H2;. The molecular weight excluding hydrogens is 1050 g/mol. The van der Waals surface area contributed by atoms with Gasteiger partial charge in [0.25, 0.3) is 0 Å². The van der Waals surface area contributed by atoms with Crippen molar-refractivity contribution in [1.29, 1.82) is 5.41 Å². The summed E-state index contributed by atoms with van der Waals surface area (Å²) in [7, 11) is 0. The van der Waals surface area contributed by atoms with Gasteiger partial charge in [0.15, 0.2) is 5.78 Å². The molecular formula is C36H37Cl6I2N5O5. The van der Waals surface area contributed by atoms with Crippen molar-refractivity contribution in [3.8, 4) is 0 Å². The molecule has 1 saturated heterocycles. The molecule has 10 nitrogen and oxygen atoms in total. The van der Waals surface area contributed by atoms with Crippen molar-refractivity contribution in [3.05, 3.63) is 88.8 Å². The highest BCUT2D eigenvalue weighted by atomic mass is 128. The molecule has 18 heteroatoms. The lowest BCUT2D eigenvalue weighted by Crippen LogP contribution is -2.39. The quantitative estimate of drug-likeness (QED) is 0.129. The van der Waals surface area contributed by atoms with Crippen LogP contribution in [-0.4, -0.2) is 65.5 Å². The lowest BCUT2D eigenvalue weighted by Gasteiger charge is -2.31. The number of nitrogen functional groups attached to an aromatic ring is 1. The zero-order valence-corrected chi connectivity index (χ0v) is 38.1. The summed E-state index contributed by atoms with van der Waals surface area (Å²) in [5.74, 6) is 0.890. The third-order valence-electron chi connectivity index (χ3n) is 8.21. The number of aliphatic imine (C=N–C) groups is 1. The third kappa shape index (κ3) is 12.9. The molecule has 0 atom stereocenters. The topological polar surface area (TPSA) is 138 Å². The Morgan fingerprint density at radius 2 is 1.41 bits per heavy atom. The highest BCUT2D eigenvalue weighted by molar-refractivity contribution is 15.0. The van der Waals surface area contributed by atoms with Gasteiger partial charge in [-0.1, -0.05) is 75.7 Å². The highest BCUT2D eigenvalue weighted by Crippen LogP contribution is 2.38. The van der Waals surface area contributed by atoms with Crippen LogP contribution < -0.4 is 5.73 Å². The van der Waals surface area contributed by atoms with Crippen LogP contribution in [0.25, 0.3) is 0 Å². The number of hydrogen-bond acceptors (Lipinski definition) is 9. The predicted octanol–water partition coefficient (Wildman–Crippen LogP) is 10.9. The smallest absolute Gasteiger partial charge is 0.325 e. The maximum absolute atomic E-state index is 11.5. The van der Waals surface area contributed by atoms with Crippen molar-refractivity contribution in [1.82, 2.24) is 9.80 Å². The molecule has 0 aromatic heterocycles. The fraction of sp³-hybridized carbons (Fsp3) is 0.361. The number of anilines is 1. The summed E-state index contributed by atoms with van der Waals surface area (Å²) in [6.45, 7) is 5.80. The van der Waals surface area contributed by atoms with Crippen LogP contribution >= 0.6 is 107 Å². The first-order valence-corrected chi connectivity index (χ1v) is 25.1. The maximum atomic E-state index is 11.5. The van der Waals surface area contributed by atoms with Crippen molar-refractivity contribution in [2.75, 3.05) is 32.0 Å². The second kappa shape index (κ2) is 22.8. The summed E-state index contributed by atoms with van der Waals surface area (Å²) < 4.78 is 9.73. The lowest BCUT2D eigenvalue weighted by atomic mass is 9.99. The number of amidine groups is 2. The Morgan fingerprint density at radius 3 is 2.07 bits per heavy atom. The number of esters is 2. The minimum Gasteiger partial charge on any atom is -0.466 e. The Balaban J connectivity index is 0.000000213. The molecule has 292 valence electrons. The molecule has 3 aliphatic rings. The van der Waals surface area contributed by atoms with E-state index in [0.717, 1.165) is 33.8 Å². The molecule has 0 aliphatic carbocycles. The molecule has 3 N–H and O–H groups in total. The van der Waals surface area contributed by atoms with Crippen LogP contribution in [0.15, 0.2) is 41.4 Å². The molecule has 54 heavy (non-hydrogen) atoms. The minimum atomic E-state index is -0.339. The number of Topliss-reactive ketones (excluding diaryl/α,β-unsaturated/α-hetero) is 1. The van der Waals surface area contributed by atoms with Crippen molar-refractivity contribution in [2.45, 2.75) is 59.0 Å². The zero-order chi connectivity index (χ0) is 40.1. The van der Waals surface area contributed by atoms with Crippen molar-refractivity contribution in [3.63, 3.8) is 0 Å². The molecule has 3 aromatic carbocycles. The number of ketones is 1. The van der Waals surface area contributed by atoms with Crippen LogP contribution in [0.1, 0.15) is 55.4 Å². The monoisotopic (exact) mass is 1080 g/mol. The van der Waals surface area contributed by atoms with E-state index in [4.69, 9.17) is 90.2 Å². The van der Waals surface area contributed by atoms with E-state index >= 15 is 0 Å². The summed E-state index contributed by atoms with van der Waals surface area (Å²) in [5, 5.41) is 11.0. The highest BCUT2D eigenvalue weighted by Gasteiger charge is 2.31. The van der Waals surface area contributed by atoms with Gasteiger partial charge in [0.05, 0.1) is 62.0 Å². The maximum Gasteiger partial charge on any atom is 0.325 e. The van der Waals surface area contributed by atoms with Crippen LogP contribution in [0.5, 0.6) is 0 Å². The van der Waals surface area contributed by atoms with Crippen molar-refractivity contribution < 1.29 is 23.9 Å². The molecule has 0 bridgehead atoms. The predicted molar refractivity (Wildman–Crippen MR) is 237 cm³/mol. The number of nitrogens with one attached hydrogen (secondary N) is 1. The molecule has 1 fully saturated rings. The SMILES string of the molecule is CCOC(=O)CCCc1c(N)ccc(Cl)c1Cl.CCOC(=O)CN1Cc2c(ccc(Cl)c2Cl)CC1=N.II.O=C1CC2=Nc3ccc(Cl)c(Cl)c3CN2C1. The number of fused-ring (bicyclic) bond motifs is 3. The number of hydrogen-bond donors (Lipinski definition) is 2. The van der Waals surface area contributed by atoms with Crippen molar-refractivity contribution >= 4 is 148 Å². The van der Waals surface area contributed by atoms with Gasteiger partial charge in [-0.15, -0.1) is 0 Å². The fourth-order valence-electron chi connectivity index (χ4n) is 5.64. The summed E-state index contributed by atoms with van der Waals surface area (Å²) in [6, 6.07) is 10.6. The van der Waals surface area contributed by atoms with E-state index in [1.54, 1.807) is 43.0 Å². The Bertz CT molecular complexity index is 1900. The number of benzene rings is 3. The van der Waals surface area contributed by atoms with E-state index in [-0.39, 0.29) is 24.3 Å². The Labute approximate surface area is 368 Å². The lowest BCUT2D eigenvalue weighted by molar-refractivity contribution is -0.144. The van der Waals surface area contributed by atoms with Crippen LogP contribution in [0.4, 0.5) is 11.4 Å². The fourth-order valence-corrected chi connectivity index (χ4v) is 6.90. The first-order chi connectivity index (χ1) is 25.7. The number of carbonyl (C=O) groups is 3. The molecule has 3 aliphatic heterocycles. The van der Waals surface area contributed by atoms with Gasteiger partial charge in [0.1, 0.15) is 18.2 Å². The molecule has 0 radical (unpaired) electrons. The second-order valence-corrected chi connectivity index (χ2v) is 14.2. The number of rotatable bonds is 8. The Hall–Kier alpha value is -1.79. The molecule has 3 heterocycles. The van der Waals surface area contributed by atoms with Gasteiger partial charge in [-0.2, -0.15) is 0 Å². The molecule has 0 unspecified atom stereocenters. The van der Waals surface area contributed by atoms with Crippen molar-refractivity contribution in [2.24, 2.45) is 4.99 Å². The zero-order valence-electron chi connectivity index (χ0n) is 29.2. The van der Waals surface area contributed by atoms with Gasteiger partial charge < -0.3 is 25.0 Å². The number of ether oxygens (including phenoxy) is 2. The number of carbonyl (C=O) groups excluding carboxylic acids is 3. The van der Waals surface area contributed by atoms with E-state index in [0.29, 0.717) is 107 Å². The number of halogens is 8. The summed E-state index contributed by atoms with van der Waals surface area (Å²) in [5.41, 5.74) is 10.8. The number of nitrogens with zero attached hydrogens (tertiary/aromatic N) is 3. The number of nitrogens with two attached hydrogens (primary N) is 1. The molecule has 0 amide bonds. The summed E-state index contributed by atoms with van der Waals surface area (Å²) in [6.07, 6.45) is 2.49. The van der Waals surface area contributed by atoms with E-state index in [9.17, 15) is 14.4 Å². The van der Waals surface area contributed by atoms with Crippen LogP contribution in [0, 0.1) is 5.41 Å². The van der Waals surface area contributed by atoms with Gasteiger partial charge in [-0.3, -0.25) is 19.8 Å². The molecule has 0 saturated carbocycles. The first kappa shape index (κ1) is 46.6. The summed E-state index contributed by atoms with van der Waals surface area (Å²) in [4.78, 5) is 42.0. The van der Waals surface area contributed by atoms with E-state index in [1.165, 1.54) is 0 Å². The van der Waals surface area contributed by atoms with Gasteiger partial charge >= 0.3 is 11.9 Å². The van der Waals surface area contributed by atoms with Gasteiger partial charge in [-0.05, 0) is 73.7 Å². The average Bonchev–Trinajstić information content (AvgIpc) is 3.51. The largest absolute Gasteiger partial charge is 0.466 e. The summed E-state index contributed by atoms with van der Waals surface area (Å²) >= 11 is 40.4. The minimum absolute atomic E-state index is 0.0644. The molecule has 6 rings (SSSR count). The Morgan fingerprint density at radius 1 is 0.815 bits per heavy atom. The average molecular weight is 1090 g/mol. The molecule has 0 spiro atoms. The van der Waals surface area contributed by atoms with E-state index in [2.05, 4.69) is 42.2 Å². The second-order valence-electron chi connectivity index (χ2n) is 11.8. The van der Waals surface area contributed by atoms with Gasteiger partial charge in [-0.25, -0.2) is 4.99 Å².